The zero-order valence-corrected chi connectivity index (χ0v) is 14.1. The summed E-state index contributed by atoms with van der Waals surface area (Å²) in [6, 6.07) is 13.3. The van der Waals surface area contributed by atoms with Crippen LogP contribution < -0.4 is 14.8 Å². The fourth-order valence-corrected chi connectivity index (χ4v) is 2.37. The van der Waals surface area contributed by atoms with Crippen LogP contribution in [0.15, 0.2) is 42.5 Å². The molecule has 0 aliphatic carbocycles. The Hall–Kier alpha value is -2.49. The number of ether oxygens (including phenoxy) is 2. The van der Waals surface area contributed by atoms with E-state index in [0.717, 1.165) is 11.3 Å². The number of nitrogens with one attached hydrogen (secondary N) is 1. The summed E-state index contributed by atoms with van der Waals surface area (Å²) in [4.78, 5) is 12.5. The van der Waals surface area contributed by atoms with Crippen molar-refractivity contribution in [1.82, 2.24) is 0 Å². The van der Waals surface area contributed by atoms with Crippen molar-refractivity contribution in [2.24, 2.45) is 0 Å². The van der Waals surface area contributed by atoms with Crippen LogP contribution in [0.5, 0.6) is 11.5 Å². The van der Waals surface area contributed by atoms with Crippen LogP contribution in [0.3, 0.4) is 0 Å². The van der Waals surface area contributed by atoms with E-state index in [4.69, 9.17) is 9.47 Å². The molecule has 1 amide bonds. The zero-order valence-electron chi connectivity index (χ0n) is 14.1. The zero-order chi connectivity index (χ0) is 16.8. The van der Waals surface area contributed by atoms with E-state index in [9.17, 15) is 4.79 Å². The molecule has 0 unspecified atom stereocenters. The van der Waals surface area contributed by atoms with Crippen LogP contribution in [0.4, 0.5) is 5.69 Å². The number of anilines is 1. The summed E-state index contributed by atoms with van der Waals surface area (Å²) in [6.07, 6.45) is 0.0233. The summed E-state index contributed by atoms with van der Waals surface area (Å²) >= 11 is 0. The van der Waals surface area contributed by atoms with E-state index >= 15 is 0 Å². The van der Waals surface area contributed by atoms with E-state index in [1.54, 1.807) is 13.2 Å². The third-order valence-electron chi connectivity index (χ3n) is 3.63. The van der Waals surface area contributed by atoms with E-state index in [0.29, 0.717) is 17.9 Å². The molecule has 2 aromatic rings. The van der Waals surface area contributed by atoms with Crippen molar-refractivity contribution in [1.29, 1.82) is 0 Å². The van der Waals surface area contributed by atoms with Crippen LogP contribution in [0.1, 0.15) is 24.5 Å². The van der Waals surface area contributed by atoms with Crippen molar-refractivity contribution in [3.8, 4) is 11.5 Å². The minimum Gasteiger partial charge on any atom is -0.495 e. The van der Waals surface area contributed by atoms with Gasteiger partial charge in [-0.05, 0) is 44.0 Å². The molecule has 0 fully saturated rings. The fourth-order valence-electron chi connectivity index (χ4n) is 2.37. The molecule has 0 saturated heterocycles. The molecule has 0 radical (unpaired) electrons. The number of hydrogen-bond acceptors (Lipinski definition) is 3. The lowest BCUT2D eigenvalue weighted by atomic mass is 10.1. The largest absolute Gasteiger partial charge is 0.495 e. The van der Waals surface area contributed by atoms with Gasteiger partial charge >= 0.3 is 0 Å². The van der Waals surface area contributed by atoms with E-state index < -0.39 is 6.10 Å². The first-order valence-corrected chi connectivity index (χ1v) is 7.73. The van der Waals surface area contributed by atoms with Gasteiger partial charge in [0.25, 0.3) is 5.91 Å². The Balaban J connectivity index is 2.12. The molecule has 1 N–H and O–H groups in total. The molecular weight excluding hydrogens is 290 g/mol. The first-order chi connectivity index (χ1) is 11.0. The number of para-hydroxylation sites is 2. The predicted octanol–water partition coefficient (Wildman–Crippen LogP) is 4.11. The Labute approximate surface area is 137 Å². The van der Waals surface area contributed by atoms with Crippen molar-refractivity contribution in [3.63, 3.8) is 0 Å². The number of aryl methyl sites for hydroxylation is 2. The standard InChI is InChI=1S/C19H23NO3/c1-5-16(23-17-11-10-13(2)12-14(17)3)19(21)20-15-8-6-7-9-18(15)22-4/h6-12,16H,5H2,1-4H3,(H,20,21)/t16-/m0/s1. The van der Waals surface area contributed by atoms with E-state index in [1.807, 2.05) is 57.2 Å². The second-order valence-corrected chi connectivity index (χ2v) is 5.47. The molecule has 0 aliphatic heterocycles. The van der Waals surface area contributed by atoms with Crippen molar-refractivity contribution >= 4 is 11.6 Å². The topological polar surface area (TPSA) is 47.6 Å². The molecule has 4 nitrogen and oxygen atoms in total. The molecule has 2 aromatic carbocycles. The molecule has 0 spiro atoms. The maximum atomic E-state index is 12.5. The van der Waals surface area contributed by atoms with Crippen LogP contribution >= 0.6 is 0 Å². The summed E-state index contributed by atoms with van der Waals surface area (Å²) in [5.74, 6) is 1.18. The summed E-state index contributed by atoms with van der Waals surface area (Å²) < 4.78 is 11.2. The molecular formula is C19H23NO3. The molecule has 0 saturated carbocycles. The predicted molar refractivity (Wildman–Crippen MR) is 92.2 cm³/mol. The number of hydrogen-bond donors (Lipinski definition) is 1. The highest BCUT2D eigenvalue weighted by atomic mass is 16.5. The highest BCUT2D eigenvalue weighted by Crippen LogP contribution is 2.25. The molecule has 0 aromatic heterocycles. The third-order valence-corrected chi connectivity index (χ3v) is 3.63. The number of benzene rings is 2. The fraction of sp³-hybridized carbons (Fsp3) is 0.316. The molecule has 1 atom stereocenters. The van der Waals surface area contributed by atoms with Gasteiger partial charge in [0, 0.05) is 0 Å². The van der Waals surface area contributed by atoms with Gasteiger partial charge in [-0.3, -0.25) is 4.79 Å². The second kappa shape index (κ2) is 7.68. The van der Waals surface area contributed by atoms with Crippen LogP contribution in [0, 0.1) is 13.8 Å². The number of carbonyl (C=O) groups excluding carboxylic acids is 1. The Bertz CT molecular complexity index is 682. The smallest absolute Gasteiger partial charge is 0.265 e. The monoisotopic (exact) mass is 313 g/mol. The Kier molecular flexibility index (Phi) is 5.63. The van der Waals surface area contributed by atoms with Gasteiger partial charge in [-0.15, -0.1) is 0 Å². The first kappa shape index (κ1) is 16.9. The first-order valence-electron chi connectivity index (χ1n) is 7.73. The van der Waals surface area contributed by atoms with E-state index in [2.05, 4.69) is 5.32 Å². The van der Waals surface area contributed by atoms with Crippen molar-refractivity contribution in [3.05, 3.63) is 53.6 Å². The quantitative estimate of drug-likeness (QED) is 0.873. The Morgan fingerprint density at radius 2 is 1.87 bits per heavy atom. The van der Waals surface area contributed by atoms with Crippen LogP contribution in [-0.4, -0.2) is 19.1 Å². The molecule has 122 valence electrons. The van der Waals surface area contributed by atoms with Crippen molar-refractivity contribution in [2.75, 3.05) is 12.4 Å². The highest BCUT2D eigenvalue weighted by Gasteiger charge is 2.20. The molecule has 2 rings (SSSR count). The van der Waals surface area contributed by atoms with Crippen LogP contribution in [0.2, 0.25) is 0 Å². The summed E-state index contributed by atoms with van der Waals surface area (Å²) in [5.41, 5.74) is 2.83. The summed E-state index contributed by atoms with van der Waals surface area (Å²) in [5, 5.41) is 2.87. The number of rotatable bonds is 6. The normalized spacial score (nSPS) is 11.7. The molecule has 0 heterocycles. The minimum absolute atomic E-state index is 0.183. The van der Waals surface area contributed by atoms with Gasteiger partial charge < -0.3 is 14.8 Å². The lowest BCUT2D eigenvalue weighted by molar-refractivity contribution is -0.122. The van der Waals surface area contributed by atoms with Crippen LogP contribution in [0.25, 0.3) is 0 Å². The van der Waals surface area contributed by atoms with E-state index in [-0.39, 0.29) is 5.91 Å². The van der Waals surface area contributed by atoms with Gasteiger partial charge in [0.15, 0.2) is 6.10 Å². The maximum absolute atomic E-state index is 12.5. The van der Waals surface area contributed by atoms with Gasteiger partial charge in [-0.1, -0.05) is 36.8 Å². The van der Waals surface area contributed by atoms with Gasteiger partial charge in [-0.25, -0.2) is 0 Å². The maximum Gasteiger partial charge on any atom is 0.265 e. The lowest BCUT2D eigenvalue weighted by Crippen LogP contribution is -2.32. The summed E-state index contributed by atoms with van der Waals surface area (Å²) in [7, 11) is 1.58. The summed E-state index contributed by atoms with van der Waals surface area (Å²) in [6.45, 7) is 5.94. The Morgan fingerprint density at radius 1 is 1.13 bits per heavy atom. The third kappa shape index (κ3) is 4.25. The molecule has 0 aliphatic rings. The SMILES string of the molecule is CC[C@H](Oc1ccc(C)cc1C)C(=O)Nc1ccccc1OC. The number of amides is 1. The molecule has 4 heteroatoms. The van der Waals surface area contributed by atoms with E-state index in [1.165, 1.54) is 5.56 Å². The second-order valence-electron chi connectivity index (χ2n) is 5.47. The highest BCUT2D eigenvalue weighted by molar-refractivity contribution is 5.95. The molecule has 23 heavy (non-hydrogen) atoms. The molecule has 0 bridgehead atoms. The number of methoxy groups -OCH3 is 1. The van der Waals surface area contributed by atoms with Gasteiger partial charge in [0.2, 0.25) is 0 Å². The van der Waals surface area contributed by atoms with Gasteiger partial charge in [0.05, 0.1) is 12.8 Å². The van der Waals surface area contributed by atoms with Gasteiger partial charge in [-0.2, -0.15) is 0 Å². The van der Waals surface area contributed by atoms with Crippen molar-refractivity contribution in [2.45, 2.75) is 33.3 Å². The average molecular weight is 313 g/mol. The average Bonchev–Trinajstić information content (AvgIpc) is 2.54. The number of carbonyl (C=O) groups is 1. The van der Waals surface area contributed by atoms with Gasteiger partial charge in [0.1, 0.15) is 11.5 Å². The van der Waals surface area contributed by atoms with Crippen molar-refractivity contribution < 1.29 is 14.3 Å². The lowest BCUT2D eigenvalue weighted by Gasteiger charge is -2.19. The van der Waals surface area contributed by atoms with Crippen LogP contribution in [-0.2, 0) is 4.79 Å². The minimum atomic E-state index is -0.554. The Morgan fingerprint density at radius 3 is 2.52 bits per heavy atom.